The number of piperidine rings is 1. The second kappa shape index (κ2) is 6.11. The van der Waals surface area contributed by atoms with E-state index in [1.54, 1.807) is 0 Å². The number of aromatic hydroxyl groups is 1. The molecule has 0 amide bonds. The van der Waals surface area contributed by atoms with E-state index < -0.39 is 0 Å². The highest BCUT2D eigenvalue weighted by Gasteiger charge is 2.64. The molecule has 0 unspecified atom stereocenters. The highest BCUT2D eigenvalue weighted by Crippen LogP contribution is 2.66. The van der Waals surface area contributed by atoms with Crippen molar-refractivity contribution in [2.45, 2.75) is 36.8 Å². The number of phenols is 1. The van der Waals surface area contributed by atoms with E-state index in [0.29, 0.717) is 17.7 Å². The summed E-state index contributed by atoms with van der Waals surface area (Å²) in [6, 6.07) is 15.0. The van der Waals surface area contributed by atoms with Crippen LogP contribution in [0.4, 0.5) is 0 Å². The van der Waals surface area contributed by atoms with Crippen LogP contribution in [0.3, 0.4) is 0 Å². The Kier molecular flexibility index (Phi) is 3.59. The van der Waals surface area contributed by atoms with Crippen LogP contribution in [-0.2, 0) is 18.3 Å². The largest absolute Gasteiger partial charge is 0.504 e. The molecule has 1 spiro atoms. The molecular weight excluding hydrogens is 452 g/mol. The molecule has 2 bridgehead atoms. The highest BCUT2D eigenvalue weighted by molar-refractivity contribution is 9.10. The van der Waals surface area contributed by atoms with Gasteiger partial charge in [0.2, 0.25) is 0 Å². The number of likely N-dealkylation sites (tertiary alicyclic amines) is 1. The van der Waals surface area contributed by atoms with Gasteiger partial charge in [0.25, 0.3) is 0 Å². The molecular formula is C26H23BrN2O2. The Morgan fingerprint density at radius 3 is 2.90 bits per heavy atom. The van der Waals surface area contributed by atoms with Crippen LogP contribution in [0.25, 0.3) is 11.1 Å². The third-order valence-corrected chi connectivity index (χ3v) is 8.96. The summed E-state index contributed by atoms with van der Waals surface area (Å²) < 4.78 is 7.68. The molecule has 3 aromatic rings. The summed E-state index contributed by atoms with van der Waals surface area (Å²) in [4.78, 5) is 7.54. The molecule has 1 N–H and O–H groups in total. The van der Waals surface area contributed by atoms with Gasteiger partial charge in [0.05, 0.1) is 5.69 Å². The van der Waals surface area contributed by atoms with Crippen LogP contribution in [0, 0.1) is 5.92 Å². The van der Waals surface area contributed by atoms with Crippen molar-refractivity contribution in [1.29, 1.82) is 0 Å². The first-order chi connectivity index (χ1) is 15.1. The van der Waals surface area contributed by atoms with Crippen molar-refractivity contribution < 1.29 is 9.84 Å². The lowest BCUT2D eigenvalue weighted by Crippen LogP contribution is -2.62. The number of pyridine rings is 1. The normalized spacial score (nSPS) is 29.8. The zero-order valence-electron chi connectivity index (χ0n) is 17.3. The Morgan fingerprint density at radius 2 is 2.03 bits per heavy atom. The second-order valence-electron chi connectivity index (χ2n) is 9.55. The van der Waals surface area contributed by atoms with Crippen molar-refractivity contribution in [2.75, 3.05) is 13.6 Å². The average Bonchev–Trinajstić information content (AvgIpc) is 3.13. The van der Waals surface area contributed by atoms with E-state index >= 15 is 0 Å². The van der Waals surface area contributed by atoms with Gasteiger partial charge in [-0.1, -0.05) is 40.2 Å². The lowest BCUT2D eigenvalue weighted by molar-refractivity contribution is -0.0260. The van der Waals surface area contributed by atoms with Crippen LogP contribution in [0.5, 0.6) is 11.5 Å². The summed E-state index contributed by atoms with van der Waals surface area (Å²) in [5.41, 5.74) is 7.18. The van der Waals surface area contributed by atoms with E-state index in [2.05, 4.69) is 58.2 Å². The zero-order chi connectivity index (χ0) is 20.9. The van der Waals surface area contributed by atoms with Crippen LogP contribution >= 0.6 is 15.9 Å². The number of likely N-dealkylation sites (N-methyl/N-ethyl adjacent to an activating group) is 1. The van der Waals surface area contributed by atoms with E-state index in [9.17, 15) is 5.11 Å². The van der Waals surface area contributed by atoms with Gasteiger partial charge < -0.3 is 14.7 Å². The number of rotatable bonds is 1. The number of benzene rings is 2. The van der Waals surface area contributed by atoms with Crippen molar-refractivity contribution in [3.05, 3.63) is 75.5 Å². The number of nitrogens with zero attached hydrogens (tertiary/aromatic N) is 2. The topological polar surface area (TPSA) is 45.6 Å². The predicted molar refractivity (Wildman–Crippen MR) is 122 cm³/mol. The first-order valence-electron chi connectivity index (χ1n) is 11.0. The number of fused-ring (bicyclic) bond motifs is 2. The molecule has 1 fully saturated rings. The molecule has 1 saturated heterocycles. The van der Waals surface area contributed by atoms with Crippen molar-refractivity contribution >= 4 is 15.9 Å². The van der Waals surface area contributed by atoms with Crippen LogP contribution in [-0.4, -0.2) is 34.6 Å². The van der Waals surface area contributed by atoms with Gasteiger partial charge in [-0.2, -0.15) is 0 Å². The molecule has 31 heavy (non-hydrogen) atoms. The Hall–Kier alpha value is -2.37. The molecule has 0 radical (unpaired) electrons. The summed E-state index contributed by atoms with van der Waals surface area (Å²) in [5, 5.41) is 10.7. The number of hydrogen-bond donors (Lipinski definition) is 1. The van der Waals surface area contributed by atoms with Crippen molar-refractivity contribution in [3.8, 4) is 22.6 Å². The minimum absolute atomic E-state index is 0.0757. The van der Waals surface area contributed by atoms with E-state index in [1.165, 1.54) is 16.7 Å². The fourth-order valence-corrected chi connectivity index (χ4v) is 7.42. The van der Waals surface area contributed by atoms with E-state index in [-0.39, 0.29) is 17.3 Å². The summed E-state index contributed by atoms with van der Waals surface area (Å²) >= 11 is 3.69. The smallest absolute Gasteiger partial charge is 0.166 e. The van der Waals surface area contributed by atoms with E-state index in [0.717, 1.165) is 47.1 Å². The molecule has 5 heteroatoms. The summed E-state index contributed by atoms with van der Waals surface area (Å²) in [5.74, 6) is 1.45. The number of aromatic nitrogens is 1. The third-order valence-electron chi connectivity index (χ3n) is 8.27. The first kappa shape index (κ1) is 18.2. The lowest BCUT2D eigenvalue weighted by Gasteiger charge is -2.57. The average molecular weight is 475 g/mol. The fraction of sp³-hybridized carbons (Fsp3) is 0.346. The maximum absolute atomic E-state index is 10.7. The minimum atomic E-state index is -0.118. The maximum atomic E-state index is 10.7. The van der Waals surface area contributed by atoms with Crippen molar-refractivity contribution in [2.24, 2.45) is 5.92 Å². The van der Waals surface area contributed by atoms with Gasteiger partial charge in [0, 0.05) is 33.3 Å². The Bertz CT molecular complexity index is 1260. The van der Waals surface area contributed by atoms with Crippen LogP contribution in [0.1, 0.15) is 34.9 Å². The molecule has 3 heterocycles. The van der Waals surface area contributed by atoms with Gasteiger partial charge in [0.1, 0.15) is 0 Å². The number of halogens is 1. The van der Waals surface area contributed by atoms with Crippen LogP contribution in [0.15, 0.2) is 53.1 Å². The van der Waals surface area contributed by atoms with Crippen molar-refractivity contribution in [1.82, 2.24) is 9.88 Å². The quantitative estimate of drug-likeness (QED) is 0.537. The standard InChI is InChI=1S/C26H23BrN2O2/c1-29-9-8-26-18-11-15-10-16(17-4-2-3-5-19(17)27)13-28-23(15)25(26)31-24-21(30)7-6-14(22(24)26)12-20(18)29/h2-7,10,13,18,20,25,30H,8-9,11-12H2,1H3/t18-,20+,25-,26-/m0/s1. The van der Waals surface area contributed by atoms with Crippen LogP contribution < -0.4 is 4.74 Å². The molecule has 2 aliphatic carbocycles. The maximum Gasteiger partial charge on any atom is 0.166 e. The number of hydrogen-bond acceptors (Lipinski definition) is 4. The molecule has 1 aromatic heterocycles. The Morgan fingerprint density at radius 1 is 1.16 bits per heavy atom. The minimum Gasteiger partial charge on any atom is -0.504 e. The van der Waals surface area contributed by atoms with E-state index in [4.69, 9.17) is 9.72 Å². The molecule has 2 aliphatic heterocycles. The Balaban J connectivity index is 1.45. The summed E-state index contributed by atoms with van der Waals surface area (Å²) in [7, 11) is 2.26. The van der Waals surface area contributed by atoms with Gasteiger partial charge in [-0.25, -0.2) is 0 Å². The summed E-state index contributed by atoms with van der Waals surface area (Å²) in [6.45, 7) is 1.06. The second-order valence-corrected chi connectivity index (χ2v) is 10.4. The van der Waals surface area contributed by atoms with Gasteiger partial charge >= 0.3 is 0 Å². The van der Waals surface area contributed by atoms with E-state index in [1.807, 2.05) is 18.3 Å². The highest BCUT2D eigenvalue weighted by atomic mass is 79.9. The SMILES string of the molecule is CN1CC[C@]23c4c5ccc(O)c4O[C@H]2c2ncc(-c4ccccc4Br)cc2C[C@H]3[C@H]1C5. The number of phenolic OH excluding ortho intramolecular Hbond substituents is 1. The summed E-state index contributed by atoms with van der Waals surface area (Å²) in [6.07, 6.45) is 4.94. The van der Waals surface area contributed by atoms with Gasteiger partial charge in [-0.15, -0.1) is 0 Å². The fourth-order valence-electron chi connectivity index (χ4n) is 6.91. The molecule has 7 rings (SSSR count). The lowest BCUT2D eigenvalue weighted by atomic mass is 9.51. The molecule has 4 nitrogen and oxygen atoms in total. The molecule has 4 aliphatic rings. The predicted octanol–water partition coefficient (Wildman–Crippen LogP) is 5.02. The van der Waals surface area contributed by atoms with Gasteiger partial charge in [-0.3, -0.25) is 4.98 Å². The molecule has 2 aromatic carbocycles. The van der Waals surface area contributed by atoms with Gasteiger partial charge in [-0.05, 0) is 73.7 Å². The molecule has 0 saturated carbocycles. The third kappa shape index (κ3) is 2.21. The molecule has 4 atom stereocenters. The van der Waals surface area contributed by atoms with Crippen molar-refractivity contribution in [3.63, 3.8) is 0 Å². The Labute approximate surface area is 190 Å². The van der Waals surface area contributed by atoms with Gasteiger partial charge in [0.15, 0.2) is 17.6 Å². The monoisotopic (exact) mass is 474 g/mol. The zero-order valence-corrected chi connectivity index (χ0v) is 18.9. The molecule has 156 valence electrons. The van der Waals surface area contributed by atoms with Crippen LogP contribution in [0.2, 0.25) is 0 Å². The number of ether oxygens (including phenoxy) is 1. The first-order valence-corrected chi connectivity index (χ1v) is 11.8.